The zero-order chi connectivity index (χ0) is 20.9. The molecular weight excluding hydrogens is 398 g/mol. The lowest BCUT2D eigenvalue weighted by Gasteiger charge is -2.25. The Hall–Kier alpha value is -2.09. The smallest absolute Gasteiger partial charge is 0.254 e. The van der Waals surface area contributed by atoms with Crippen LogP contribution in [0.25, 0.3) is 0 Å². The number of nitrogens with one attached hydrogen (secondary N) is 1. The summed E-state index contributed by atoms with van der Waals surface area (Å²) in [7, 11) is 0.460. The maximum atomic E-state index is 13.2. The third kappa shape index (κ3) is 6.82. The number of anilines is 1. The lowest BCUT2D eigenvalue weighted by molar-refractivity contribution is 0.0732. The normalized spacial score (nSPS) is 11.5. The standard InChI is InChI=1S/C20H26ClN3O3S/c1-15-8-9-17(13-19(15)22-28(4,26)27)20(25)24(11-10-23(2)3)14-16-6-5-7-18(21)12-16/h5-9,12-13,22H,10-11,14H2,1-4H3. The van der Waals surface area contributed by atoms with E-state index in [0.717, 1.165) is 17.4 Å². The molecule has 2 aromatic rings. The molecule has 0 atom stereocenters. The number of halogens is 1. The lowest BCUT2D eigenvalue weighted by Crippen LogP contribution is -2.36. The van der Waals surface area contributed by atoms with E-state index in [1.54, 1.807) is 36.1 Å². The van der Waals surface area contributed by atoms with Crippen LogP contribution in [0.1, 0.15) is 21.5 Å². The third-order valence-electron chi connectivity index (χ3n) is 4.15. The van der Waals surface area contributed by atoms with Crippen molar-refractivity contribution in [3.63, 3.8) is 0 Å². The van der Waals surface area contributed by atoms with Crippen molar-refractivity contribution in [2.45, 2.75) is 13.5 Å². The zero-order valence-corrected chi connectivity index (χ0v) is 18.1. The molecule has 8 heteroatoms. The Balaban J connectivity index is 2.31. The number of carbonyl (C=O) groups excluding carboxylic acids is 1. The van der Waals surface area contributed by atoms with E-state index >= 15 is 0 Å². The Bertz CT molecular complexity index is 945. The van der Waals surface area contributed by atoms with Crippen molar-refractivity contribution in [2.24, 2.45) is 0 Å². The van der Waals surface area contributed by atoms with Gasteiger partial charge in [-0.15, -0.1) is 0 Å². The van der Waals surface area contributed by atoms with Gasteiger partial charge in [-0.1, -0.05) is 29.8 Å². The van der Waals surface area contributed by atoms with Gasteiger partial charge in [0.15, 0.2) is 0 Å². The monoisotopic (exact) mass is 423 g/mol. The molecule has 0 aromatic heterocycles. The van der Waals surface area contributed by atoms with Crippen molar-refractivity contribution in [1.82, 2.24) is 9.80 Å². The molecule has 0 aliphatic heterocycles. The van der Waals surface area contributed by atoms with Gasteiger partial charge in [-0.25, -0.2) is 8.42 Å². The van der Waals surface area contributed by atoms with Gasteiger partial charge in [0, 0.05) is 30.2 Å². The summed E-state index contributed by atoms with van der Waals surface area (Å²) >= 11 is 6.08. The van der Waals surface area contributed by atoms with Gasteiger partial charge in [-0.2, -0.15) is 0 Å². The van der Waals surface area contributed by atoms with Crippen LogP contribution in [0.2, 0.25) is 5.02 Å². The summed E-state index contributed by atoms with van der Waals surface area (Å²) in [6.07, 6.45) is 1.09. The van der Waals surface area contributed by atoms with Crippen LogP contribution >= 0.6 is 11.6 Å². The number of nitrogens with zero attached hydrogens (tertiary/aromatic N) is 2. The number of rotatable bonds is 8. The number of amides is 1. The van der Waals surface area contributed by atoms with Crippen molar-refractivity contribution in [2.75, 3.05) is 38.2 Å². The molecule has 0 spiro atoms. The lowest BCUT2D eigenvalue weighted by atomic mass is 10.1. The number of sulfonamides is 1. The first kappa shape index (κ1) is 22.2. The van der Waals surface area contributed by atoms with Crippen LogP contribution in [-0.4, -0.2) is 57.6 Å². The Morgan fingerprint density at radius 1 is 1.11 bits per heavy atom. The van der Waals surface area contributed by atoms with E-state index in [1.165, 1.54) is 0 Å². The number of carbonyl (C=O) groups is 1. The van der Waals surface area contributed by atoms with Crippen molar-refractivity contribution in [3.8, 4) is 0 Å². The number of hydrogen-bond acceptors (Lipinski definition) is 4. The third-order valence-corrected chi connectivity index (χ3v) is 4.97. The van der Waals surface area contributed by atoms with Gasteiger partial charge in [-0.3, -0.25) is 9.52 Å². The first-order valence-electron chi connectivity index (χ1n) is 8.82. The average molecular weight is 424 g/mol. The van der Waals surface area contributed by atoms with Crippen LogP contribution in [0.5, 0.6) is 0 Å². The summed E-state index contributed by atoms with van der Waals surface area (Å²) in [6.45, 7) is 3.43. The quantitative estimate of drug-likeness (QED) is 0.707. The molecule has 0 aliphatic rings. The molecule has 0 bridgehead atoms. The average Bonchev–Trinajstić information content (AvgIpc) is 2.58. The molecule has 1 N–H and O–H groups in total. The summed E-state index contributed by atoms with van der Waals surface area (Å²) in [5.41, 5.74) is 2.51. The molecule has 0 aliphatic carbocycles. The Morgan fingerprint density at radius 2 is 1.82 bits per heavy atom. The van der Waals surface area contributed by atoms with Crippen molar-refractivity contribution >= 4 is 33.2 Å². The molecule has 0 fully saturated rings. The first-order valence-corrected chi connectivity index (χ1v) is 11.1. The molecule has 0 heterocycles. The van der Waals surface area contributed by atoms with E-state index in [1.807, 2.05) is 37.2 Å². The maximum Gasteiger partial charge on any atom is 0.254 e. The summed E-state index contributed by atoms with van der Waals surface area (Å²) in [5, 5.41) is 0.618. The van der Waals surface area contributed by atoms with Gasteiger partial charge in [0.2, 0.25) is 10.0 Å². The molecule has 2 aromatic carbocycles. The fourth-order valence-electron chi connectivity index (χ4n) is 2.68. The molecule has 6 nitrogen and oxygen atoms in total. The number of hydrogen-bond donors (Lipinski definition) is 1. The number of benzene rings is 2. The second-order valence-corrected chi connectivity index (χ2v) is 9.25. The Labute approximate surface area is 172 Å². The Kier molecular flexibility index (Phi) is 7.46. The van der Waals surface area contributed by atoms with Crippen LogP contribution in [0, 0.1) is 6.92 Å². The second-order valence-electron chi connectivity index (χ2n) is 7.06. The molecule has 0 unspecified atom stereocenters. The van der Waals surface area contributed by atoms with Crippen LogP contribution in [0.15, 0.2) is 42.5 Å². The van der Waals surface area contributed by atoms with Crippen molar-refractivity contribution in [3.05, 3.63) is 64.2 Å². The van der Waals surface area contributed by atoms with E-state index in [9.17, 15) is 13.2 Å². The molecular formula is C20H26ClN3O3S. The van der Waals surface area contributed by atoms with Crippen LogP contribution < -0.4 is 4.72 Å². The largest absolute Gasteiger partial charge is 0.333 e. The highest BCUT2D eigenvalue weighted by molar-refractivity contribution is 7.92. The SMILES string of the molecule is Cc1ccc(C(=O)N(CCN(C)C)Cc2cccc(Cl)c2)cc1NS(C)(=O)=O. The van der Waals surface area contributed by atoms with Crippen molar-refractivity contribution in [1.29, 1.82) is 0 Å². The second kappa shape index (κ2) is 9.41. The van der Waals surface area contributed by atoms with Gasteiger partial charge >= 0.3 is 0 Å². The summed E-state index contributed by atoms with van der Waals surface area (Å²) in [6, 6.07) is 12.4. The zero-order valence-electron chi connectivity index (χ0n) is 16.6. The number of aryl methyl sites for hydroxylation is 1. The topological polar surface area (TPSA) is 69.7 Å². The van der Waals surface area contributed by atoms with Crippen LogP contribution in [0.3, 0.4) is 0 Å². The van der Waals surface area contributed by atoms with Gasteiger partial charge in [0.25, 0.3) is 5.91 Å². The summed E-state index contributed by atoms with van der Waals surface area (Å²) in [4.78, 5) is 16.9. The Morgan fingerprint density at radius 3 is 2.43 bits per heavy atom. The molecule has 0 saturated heterocycles. The van der Waals surface area contributed by atoms with Gasteiger partial charge < -0.3 is 9.80 Å². The summed E-state index contributed by atoms with van der Waals surface area (Å²) in [5.74, 6) is -0.168. The number of likely N-dealkylation sites (N-methyl/N-ethyl adjacent to an activating group) is 1. The minimum atomic E-state index is -3.43. The van der Waals surface area contributed by atoms with E-state index < -0.39 is 10.0 Å². The predicted octanol–water partition coefficient (Wildman–Crippen LogP) is 3.22. The first-order chi connectivity index (χ1) is 13.0. The van der Waals surface area contributed by atoms with E-state index in [4.69, 9.17) is 11.6 Å². The van der Waals surface area contributed by atoms with E-state index in [2.05, 4.69) is 4.72 Å². The fraction of sp³-hybridized carbons (Fsp3) is 0.350. The molecule has 152 valence electrons. The minimum Gasteiger partial charge on any atom is -0.333 e. The van der Waals surface area contributed by atoms with Crippen LogP contribution in [0.4, 0.5) is 5.69 Å². The van der Waals surface area contributed by atoms with Crippen LogP contribution in [-0.2, 0) is 16.6 Å². The van der Waals surface area contributed by atoms with Crippen molar-refractivity contribution < 1.29 is 13.2 Å². The van der Waals surface area contributed by atoms with Gasteiger partial charge in [-0.05, 0) is 56.4 Å². The molecule has 1 amide bonds. The predicted molar refractivity (Wildman–Crippen MR) is 114 cm³/mol. The highest BCUT2D eigenvalue weighted by Gasteiger charge is 2.18. The van der Waals surface area contributed by atoms with E-state index in [0.29, 0.717) is 35.9 Å². The molecule has 0 saturated carbocycles. The molecule has 28 heavy (non-hydrogen) atoms. The van der Waals surface area contributed by atoms with Gasteiger partial charge in [0.1, 0.15) is 0 Å². The fourth-order valence-corrected chi connectivity index (χ4v) is 3.51. The molecule has 2 rings (SSSR count). The summed E-state index contributed by atoms with van der Waals surface area (Å²) < 4.78 is 25.7. The van der Waals surface area contributed by atoms with E-state index in [-0.39, 0.29) is 5.91 Å². The highest BCUT2D eigenvalue weighted by atomic mass is 35.5. The van der Waals surface area contributed by atoms with Gasteiger partial charge in [0.05, 0.1) is 11.9 Å². The maximum absolute atomic E-state index is 13.2. The highest BCUT2D eigenvalue weighted by Crippen LogP contribution is 2.20. The molecule has 0 radical (unpaired) electrons. The minimum absolute atomic E-state index is 0.168.